The summed E-state index contributed by atoms with van der Waals surface area (Å²) >= 11 is 1.26. The van der Waals surface area contributed by atoms with Crippen molar-refractivity contribution in [2.45, 2.75) is 33.6 Å². The Balaban J connectivity index is 2.67. The summed E-state index contributed by atoms with van der Waals surface area (Å²) < 4.78 is 4.03. The lowest BCUT2D eigenvalue weighted by Crippen LogP contribution is -2.36. The minimum absolute atomic E-state index is 0.393. The van der Waals surface area contributed by atoms with Crippen molar-refractivity contribution in [3.8, 4) is 0 Å². The fraction of sp³-hybridized carbons (Fsp3) is 0.700. The molecule has 0 saturated heterocycles. The highest BCUT2D eigenvalue weighted by Crippen LogP contribution is 2.27. The summed E-state index contributed by atoms with van der Waals surface area (Å²) in [5.41, 5.74) is -0.709. The van der Waals surface area contributed by atoms with Gasteiger partial charge in [-0.1, -0.05) is 13.8 Å². The Morgan fingerprint density at radius 3 is 2.50 bits per heavy atom. The highest BCUT2D eigenvalue weighted by Gasteiger charge is 2.34. The Morgan fingerprint density at radius 2 is 2.12 bits per heavy atom. The zero-order chi connectivity index (χ0) is 12.2. The molecule has 0 aromatic carbocycles. The topological polar surface area (TPSA) is 75.1 Å². The van der Waals surface area contributed by atoms with Crippen molar-refractivity contribution >= 4 is 22.6 Å². The van der Waals surface area contributed by atoms with Gasteiger partial charge in [0.25, 0.3) is 0 Å². The van der Waals surface area contributed by atoms with Crippen molar-refractivity contribution in [2.24, 2.45) is 5.41 Å². The summed E-state index contributed by atoms with van der Waals surface area (Å²) in [6.45, 7) is 5.99. The van der Waals surface area contributed by atoms with Crippen LogP contribution in [0.3, 0.4) is 0 Å². The van der Waals surface area contributed by atoms with E-state index < -0.39 is 11.4 Å². The molecule has 0 unspecified atom stereocenters. The van der Waals surface area contributed by atoms with E-state index in [4.69, 9.17) is 0 Å². The molecule has 1 aromatic rings. The first-order chi connectivity index (χ1) is 7.54. The maximum atomic E-state index is 11.2. The van der Waals surface area contributed by atoms with Gasteiger partial charge in [-0.15, -0.1) is 0 Å². The molecule has 16 heavy (non-hydrogen) atoms. The van der Waals surface area contributed by atoms with Gasteiger partial charge in [-0.2, -0.15) is 4.37 Å². The normalized spacial score (nSPS) is 11.4. The maximum Gasteiger partial charge on any atom is 0.311 e. The van der Waals surface area contributed by atoms with Crippen LogP contribution in [0.4, 0.5) is 5.13 Å². The number of carboxylic acid groups (broad SMARTS) is 1. The predicted octanol–water partition coefficient (Wildman–Crippen LogP) is 2.15. The highest BCUT2D eigenvalue weighted by atomic mass is 32.1. The molecule has 0 aliphatic rings. The number of aliphatic carboxylic acids is 1. The molecule has 2 N–H and O–H groups in total. The third kappa shape index (κ3) is 2.69. The summed E-state index contributed by atoms with van der Waals surface area (Å²) in [6.07, 6.45) is 1.20. The SMILES string of the molecule is CCC(CC)(CNc1nc(C)ns1)C(=O)O. The van der Waals surface area contributed by atoms with E-state index >= 15 is 0 Å². The number of anilines is 1. The third-order valence-electron chi connectivity index (χ3n) is 2.91. The number of carboxylic acids is 1. The highest BCUT2D eigenvalue weighted by molar-refractivity contribution is 7.09. The van der Waals surface area contributed by atoms with Crippen molar-refractivity contribution in [3.63, 3.8) is 0 Å². The first kappa shape index (κ1) is 12.9. The predicted molar refractivity (Wildman–Crippen MR) is 63.8 cm³/mol. The van der Waals surface area contributed by atoms with E-state index in [1.165, 1.54) is 11.5 Å². The fourth-order valence-corrected chi connectivity index (χ4v) is 2.06. The fourth-order valence-electron chi connectivity index (χ4n) is 1.49. The van der Waals surface area contributed by atoms with E-state index in [1.807, 2.05) is 20.8 Å². The summed E-state index contributed by atoms with van der Waals surface area (Å²) in [4.78, 5) is 15.4. The number of carbonyl (C=O) groups is 1. The lowest BCUT2D eigenvalue weighted by molar-refractivity contribution is -0.148. The van der Waals surface area contributed by atoms with Gasteiger partial charge in [-0.05, 0) is 19.8 Å². The van der Waals surface area contributed by atoms with E-state index in [1.54, 1.807) is 0 Å². The number of aryl methyl sites for hydroxylation is 1. The Hall–Kier alpha value is -1.17. The van der Waals surface area contributed by atoms with Crippen LogP contribution in [0, 0.1) is 12.3 Å². The monoisotopic (exact) mass is 243 g/mol. The second-order valence-corrected chi connectivity index (χ2v) is 4.54. The number of hydrogen-bond acceptors (Lipinski definition) is 5. The first-order valence-electron chi connectivity index (χ1n) is 5.31. The first-order valence-corrected chi connectivity index (χ1v) is 6.09. The van der Waals surface area contributed by atoms with Crippen LogP contribution >= 0.6 is 11.5 Å². The van der Waals surface area contributed by atoms with E-state index in [0.29, 0.717) is 30.3 Å². The van der Waals surface area contributed by atoms with Gasteiger partial charge in [0.2, 0.25) is 5.13 Å². The summed E-state index contributed by atoms with van der Waals surface area (Å²) in [6, 6.07) is 0. The number of nitrogens with one attached hydrogen (secondary N) is 1. The Bertz CT molecular complexity index is 361. The molecule has 0 radical (unpaired) electrons. The van der Waals surface area contributed by atoms with Gasteiger partial charge >= 0.3 is 5.97 Å². The molecule has 6 heteroatoms. The van der Waals surface area contributed by atoms with Gasteiger partial charge in [0.05, 0.1) is 5.41 Å². The van der Waals surface area contributed by atoms with Gasteiger partial charge in [0.1, 0.15) is 5.82 Å². The number of aromatic nitrogens is 2. The molecule has 0 aliphatic heterocycles. The van der Waals surface area contributed by atoms with Crippen molar-refractivity contribution in [1.29, 1.82) is 0 Å². The van der Waals surface area contributed by atoms with Gasteiger partial charge in [0, 0.05) is 18.1 Å². The lowest BCUT2D eigenvalue weighted by Gasteiger charge is -2.26. The van der Waals surface area contributed by atoms with E-state index in [2.05, 4.69) is 14.7 Å². The molecule has 90 valence electrons. The molecule has 0 bridgehead atoms. The van der Waals surface area contributed by atoms with Crippen LogP contribution in [-0.4, -0.2) is 27.0 Å². The molecule has 0 saturated carbocycles. The molecule has 1 aromatic heterocycles. The van der Waals surface area contributed by atoms with Crippen LogP contribution in [0.1, 0.15) is 32.5 Å². The molecule has 0 fully saturated rings. The van der Waals surface area contributed by atoms with Crippen molar-refractivity contribution in [3.05, 3.63) is 5.82 Å². The van der Waals surface area contributed by atoms with Crippen molar-refractivity contribution in [2.75, 3.05) is 11.9 Å². The van der Waals surface area contributed by atoms with E-state index in [0.717, 1.165) is 0 Å². The Labute approximate surface area is 99.1 Å². The molecule has 0 spiro atoms. The molecule has 0 aliphatic carbocycles. The van der Waals surface area contributed by atoms with Crippen LogP contribution in [-0.2, 0) is 4.79 Å². The van der Waals surface area contributed by atoms with Crippen LogP contribution in [0.25, 0.3) is 0 Å². The van der Waals surface area contributed by atoms with E-state index in [9.17, 15) is 9.90 Å². The summed E-state index contributed by atoms with van der Waals surface area (Å²) in [7, 11) is 0. The van der Waals surface area contributed by atoms with Gasteiger partial charge < -0.3 is 10.4 Å². The second kappa shape index (κ2) is 5.25. The number of hydrogen-bond donors (Lipinski definition) is 2. The lowest BCUT2D eigenvalue weighted by atomic mass is 9.82. The Morgan fingerprint density at radius 1 is 1.50 bits per heavy atom. The molecule has 5 nitrogen and oxygen atoms in total. The van der Waals surface area contributed by atoms with E-state index in [-0.39, 0.29) is 0 Å². The number of rotatable bonds is 6. The molecule has 0 amide bonds. The van der Waals surface area contributed by atoms with Crippen LogP contribution < -0.4 is 5.32 Å². The largest absolute Gasteiger partial charge is 0.481 e. The molecule has 1 rings (SSSR count). The van der Waals surface area contributed by atoms with Crippen LogP contribution in [0.15, 0.2) is 0 Å². The average molecular weight is 243 g/mol. The van der Waals surface area contributed by atoms with Gasteiger partial charge in [0.15, 0.2) is 0 Å². The standard InChI is InChI=1S/C10H17N3O2S/c1-4-10(5-2,8(14)15)6-11-9-12-7(3)13-16-9/h4-6H2,1-3H3,(H,14,15)(H,11,12,13). The molecular formula is C10H17N3O2S. The molecular weight excluding hydrogens is 226 g/mol. The third-order valence-corrected chi connectivity index (χ3v) is 3.68. The zero-order valence-corrected chi connectivity index (χ0v) is 10.6. The quantitative estimate of drug-likeness (QED) is 0.800. The molecule has 0 atom stereocenters. The van der Waals surface area contributed by atoms with Gasteiger partial charge in [-0.25, -0.2) is 4.98 Å². The second-order valence-electron chi connectivity index (χ2n) is 3.79. The smallest absolute Gasteiger partial charge is 0.311 e. The minimum Gasteiger partial charge on any atom is -0.481 e. The maximum absolute atomic E-state index is 11.2. The summed E-state index contributed by atoms with van der Waals surface area (Å²) in [5.74, 6) is -0.0485. The van der Waals surface area contributed by atoms with Gasteiger partial charge in [-0.3, -0.25) is 4.79 Å². The number of nitrogens with zero attached hydrogens (tertiary/aromatic N) is 2. The minimum atomic E-state index is -0.758. The van der Waals surface area contributed by atoms with Crippen LogP contribution in [0.5, 0.6) is 0 Å². The van der Waals surface area contributed by atoms with Crippen LogP contribution in [0.2, 0.25) is 0 Å². The summed E-state index contributed by atoms with van der Waals surface area (Å²) in [5, 5.41) is 13.0. The van der Waals surface area contributed by atoms with Crippen molar-refractivity contribution < 1.29 is 9.90 Å². The average Bonchev–Trinajstić information content (AvgIpc) is 2.66. The zero-order valence-electron chi connectivity index (χ0n) is 9.78. The van der Waals surface area contributed by atoms with Crippen molar-refractivity contribution in [1.82, 2.24) is 9.36 Å². The Kier molecular flexibility index (Phi) is 4.23. The molecule has 1 heterocycles.